The van der Waals surface area contributed by atoms with Crippen molar-refractivity contribution in [3.8, 4) is 18.1 Å². The summed E-state index contributed by atoms with van der Waals surface area (Å²) in [6.45, 7) is 0.162. The molecule has 0 bridgehead atoms. The fourth-order valence-electron chi connectivity index (χ4n) is 2.48. The van der Waals surface area contributed by atoms with Gasteiger partial charge in [0, 0.05) is 17.7 Å². The second-order valence-corrected chi connectivity index (χ2v) is 5.37. The van der Waals surface area contributed by atoms with Crippen molar-refractivity contribution in [3.05, 3.63) is 76.3 Å². The van der Waals surface area contributed by atoms with Gasteiger partial charge in [-0.3, -0.25) is 15.5 Å². The van der Waals surface area contributed by atoms with E-state index in [1.807, 2.05) is 36.4 Å². The van der Waals surface area contributed by atoms with Crippen LogP contribution in [-0.2, 0) is 0 Å². The predicted octanol–water partition coefficient (Wildman–Crippen LogP) is 4.21. The quantitative estimate of drug-likeness (QED) is 0.314. The van der Waals surface area contributed by atoms with Crippen LogP contribution >= 0.6 is 0 Å². The minimum Gasteiger partial charge on any atom is -0.480 e. The summed E-state index contributed by atoms with van der Waals surface area (Å²) >= 11 is 0. The molecule has 1 N–H and O–H groups in total. The van der Waals surface area contributed by atoms with Crippen LogP contribution in [0.3, 0.4) is 0 Å². The van der Waals surface area contributed by atoms with Crippen molar-refractivity contribution < 1.29 is 9.66 Å². The number of hydrazone groups is 1. The van der Waals surface area contributed by atoms with E-state index < -0.39 is 4.92 Å². The number of hydrogen-bond acceptors (Lipinski definition) is 5. The zero-order valence-corrected chi connectivity index (χ0v) is 13.8. The molecule has 3 rings (SSSR count). The molecule has 0 atom stereocenters. The monoisotopic (exact) mass is 345 g/mol. The van der Waals surface area contributed by atoms with Gasteiger partial charge in [0.1, 0.15) is 12.4 Å². The summed E-state index contributed by atoms with van der Waals surface area (Å²) in [7, 11) is 0. The number of fused-ring (bicyclic) bond motifs is 1. The number of nitrogens with one attached hydrogen (secondary N) is 1. The van der Waals surface area contributed by atoms with E-state index in [0.29, 0.717) is 11.4 Å². The second kappa shape index (κ2) is 7.81. The fraction of sp³-hybridized carbons (Fsp3) is 0.0500. The van der Waals surface area contributed by atoms with E-state index in [1.54, 1.807) is 18.3 Å². The third-order valence-electron chi connectivity index (χ3n) is 3.71. The topological polar surface area (TPSA) is 76.8 Å². The summed E-state index contributed by atoms with van der Waals surface area (Å²) in [5, 5.41) is 17.0. The normalized spacial score (nSPS) is 10.6. The summed E-state index contributed by atoms with van der Waals surface area (Å²) in [4.78, 5) is 10.2. The highest BCUT2D eigenvalue weighted by atomic mass is 16.6. The Kier molecular flexibility index (Phi) is 5.11. The molecule has 0 saturated carbocycles. The van der Waals surface area contributed by atoms with Gasteiger partial charge in [-0.25, -0.2) is 0 Å². The van der Waals surface area contributed by atoms with E-state index in [2.05, 4.69) is 16.4 Å². The Morgan fingerprint density at radius 2 is 1.92 bits per heavy atom. The second-order valence-electron chi connectivity index (χ2n) is 5.37. The summed E-state index contributed by atoms with van der Waals surface area (Å²) in [6, 6.07) is 17.7. The molecule has 26 heavy (non-hydrogen) atoms. The maximum Gasteiger partial charge on any atom is 0.269 e. The number of rotatable bonds is 6. The number of benzene rings is 3. The maximum absolute atomic E-state index is 10.7. The number of hydrogen-bond donors (Lipinski definition) is 1. The molecule has 6 heteroatoms. The lowest BCUT2D eigenvalue weighted by Gasteiger charge is -2.10. The molecular formula is C20H15N3O3. The van der Waals surface area contributed by atoms with Gasteiger partial charge in [0.15, 0.2) is 0 Å². The predicted molar refractivity (Wildman–Crippen MR) is 103 cm³/mol. The van der Waals surface area contributed by atoms with E-state index in [1.165, 1.54) is 12.1 Å². The lowest BCUT2D eigenvalue weighted by atomic mass is 10.0. The molecular weight excluding hydrogens is 330 g/mol. The Bertz CT molecular complexity index is 1000. The van der Waals surface area contributed by atoms with Gasteiger partial charge < -0.3 is 4.74 Å². The number of ether oxygens (including phenoxy) is 1. The fourth-order valence-corrected chi connectivity index (χ4v) is 2.48. The lowest BCUT2D eigenvalue weighted by Crippen LogP contribution is -1.99. The van der Waals surface area contributed by atoms with Crippen molar-refractivity contribution in [1.82, 2.24) is 0 Å². The highest BCUT2D eigenvalue weighted by Gasteiger charge is 2.07. The molecule has 6 nitrogen and oxygen atoms in total. The van der Waals surface area contributed by atoms with Gasteiger partial charge in [0.2, 0.25) is 0 Å². The van der Waals surface area contributed by atoms with Gasteiger partial charge >= 0.3 is 0 Å². The molecule has 3 aromatic carbocycles. The summed E-state index contributed by atoms with van der Waals surface area (Å²) in [6.07, 6.45) is 6.93. The Labute approximate surface area is 150 Å². The van der Waals surface area contributed by atoms with Crippen molar-refractivity contribution in [2.24, 2.45) is 5.10 Å². The first kappa shape index (κ1) is 17.0. The highest BCUT2D eigenvalue weighted by molar-refractivity contribution is 6.02. The Balaban J connectivity index is 1.87. The molecule has 0 aliphatic carbocycles. The molecule has 128 valence electrons. The standard InChI is InChI=1S/C20H15N3O3/c1-2-13-26-20-12-7-15-5-3-4-6-18(15)19(20)14-21-22-16-8-10-17(11-9-16)23(24)25/h1,3-12,14,22H,13H2/b21-14+. The van der Waals surface area contributed by atoms with Crippen LogP contribution in [0, 0.1) is 22.5 Å². The van der Waals surface area contributed by atoms with E-state index in [0.717, 1.165) is 16.3 Å². The molecule has 0 unspecified atom stereocenters. The number of nitrogens with zero attached hydrogens (tertiary/aromatic N) is 2. The Hall–Kier alpha value is -3.85. The van der Waals surface area contributed by atoms with Crippen LogP contribution in [0.4, 0.5) is 11.4 Å². The van der Waals surface area contributed by atoms with Crippen molar-refractivity contribution in [2.45, 2.75) is 0 Å². The number of terminal acetylenes is 1. The van der Waals surface area contributed by atoms with Gasteiger partial charge in [0.05, 0.1) is 16.8 Å². The molecule has 0 amide bonds. The third-order valence-corrected chi connectivity index (χ3v) is 3.71. The van der Waals surface area contributed by atoms with E-state index in [-0.39, 0.29) is 12.3 Å². The van der Waals surface area contributed by atoms with Crippen LogP contribution in [0.25, 0.3) is 10.8 Å². The van der Waals surface area contributed by atoms with Gasteiger partial charge in [-0.05, 0) is 29.0 Å². The van der Waals surface area contributed by atoms with E-state index in [9.17, 15) is 10.1 Å². The molecule has 0 aromatic heterocycles. The molecule has 0 fully saturated rings. The summed E-state index contributed by atoms with van der Waals surface area (Å²) in [5.41, 5.74) is 4.32. The van der Waals surface area contributed by atoms with Crippen molar-refractivity contribution >= 4 is 28.4 Å². The molecule has 0 saturated heterocycles. The van der Waals surface area contributed by atoms with Crippen LogP contribution in [0.5, 0.6) is 5.75 Å². The lowest BCUT2D eigenvalue weighted by molar-refractivity contribution is -0.384. The summed E-state index contributed by atoms with van der Waals surface area (Å²) in [5.74, 6) is 3.09. The van der Waals surface area contributed by atoms with Gasteiger partial charge in [-0.1, -0.05) is 36.3 Å². The molecule has 0 aliphatic rings. The number of anilines is 1. The first-order valence-corrected chi connectivity index (χ1v) is 7.80. The first-order chi connectivity index (χ1) is 12.7. The zero-order valence-electron chi connectivity index (χ0n) is 13.8. The Morgan fingerprint density at radius 3 is 2.65 bits per heavy atom. The van der Waals surface area contributed by atoms with Crippen LogP contribution < -0.4 is 10.2 Å². The van der Waals surface area contributed by atoms with Crippen LogP contribution in [-0.4, -0.2) is 17.7 Å². The summed E-state index contributed by atoms with van der Waals surface area (Å²) < 4.78 is 5.61. The number of non-ortho nitro benzene ring substituents is 1. The smallest absolute Gasteiger partial charge is 0.269 e. The zero-order chi connectivity index (χ0) is 18.4. The minimum atomic E-state index is -0.446. The molecule has 0 heterocycles. The highest BCUT2D eigenvalue weighted by Crippen LogP contribution is 2.27. The molecule has 0 radical (unpaired) electrons. The Morgan fingerprint density at radius 1 is 1.15 bits per heavy atom. The van der Waals surface area contributed by atoms with E-state index >= 15 is 0 Å². The van der Waals surface area contributed by atoms with Crippen LogP contribution in [0.2, 0.25) is 0 Å². The average Bonchev–Trinajstić information content (AvgIpc) is 2.67. The van der Waals surface area contributed by atoms with Crippen molar-refractivity contribution in [1.29, 1.82) is 0 Å². The SMILES string of the molecule is C#CCOc1ccc2ccccc2c1/C=N/Nc1ccc([N+](=O)[O-])cc1. The van der Waals surface area contributed by atoms with Crippen molar-refractivity contribution in [3.63, 3.8) is 0 Å². The van der Waals surface area contributed by atoms with E-state index in [4.69, 9.17) is 11.2 Å². The minimum absolute atomic E-state index is 0.0264. The third kappa shape index (κ3) is 3.79. The number of nitro benzene ring substituents is 1. The molecule has 0 aliphatic heterocycles. The molecule has 3 aromatic rings. The van der Waals surface area contributed by atoms with Gasteiger partial charge in [-0.15, -0.1) is 6.42 Å². The number of nitro groups is 1. The average molecular weight is 345 g/mol. The van der Waals surface area contributed by atoms with Crippen LogP contribution in [0.15, 0.2) is 65.8 Å². The van der Waals surface area contributed by atoms with Gasteiger partial charge in [0.25, 0.3) is 5.69 Å². The van der Waals surface area contributed by atoms with Crippen LogP contribution in [0.1, 0.15) is 5.56 Å². The van der Waals surface area contributed by atoms with Gasteiger partial charge in [-0.2, -0.15) is 5.10 Å². The largest absolute Gasteiger partial charge is 0.480 e. The first-order valence-electron chi connectivity index (χ1n) is 7.80. The molecule has 0 spiro atoms. The van der Waals surface area contributed by atoms with Crippen molar-refractivity contribution in [2.75, 3.05) is 12.0 Å². The maximum atomic E-state index is 10.7.